The number of hydrogen-bond donors (Lipinski definition) is 1. The van der Waals surface area contributed by atoms with Crippen molar-refractivity contribution in [3.8, 4) is 0 Å². The minimum Gasteiger partial charge on any atom is -0.393 e. The zero-order chi connectivity index (χ0) is 12.0. The standard InChI is InChI=1S/C13H18ClFO/c1-2-3-4-5-12(16)8-10-6-7-11(15)9-13(10)14/h6-7,9,12,16H,2-5,8H2,1H3. The van der Waals surface area contributed by atoms with Gasteiger partial charge in [0, 0.05) is 5.02 Å². The Balaban J connectivity index is 2.46. The first kappa shape index (κ1) is 13.5. The first-order valence-electron chi connectivity index (χ1n) is 5.75. The highest BCUT2D eigenvalue weighted by molar-refractivity contribution is 6.31. The Hall–Kier alpha value is -0.600. The Morgan fingerprint density at radius 3 is 2.75 bits per heavy atom. The second-order valence-electron chi connectivity index (χ2n) is 4.09. The van der Waals surface area contributed by atoms with E-state index in [1.165, 1.54) is 12.1 Å². The topological polar surface area (TPSA) is 20.2 Å². The van der Waals surface area contributed by atoms with Crippen molar-refractivity contribution in [1.29, 1.82) is 0 Å². The van der Waals surface area contributed by atoms with Crippen LogP contribution in [0.5, 0.6) is 0 Å². The molecule has 0 aliphatic heterocycles. The Kier molecular flexibility index (Phi) is 5.78. The van der Waals surface area contributed by atoms with Crippen molar-refractivity contribution >= 4 is 11.6 Å². The predicted molar refractivity (Wildman–Crippen MR) is 65.3 cm³/mol. The van der Waals surface area contributed by atoms with Crippen molar-refractivity contribution < 1.29 is 9.50 Å². The van der Waals surface area contributed by atoms with Crippen LogP contribution in [0.2, 0.25) is 5.02 Å². The zero-order valence-electron chi connectivity index (χ0n) is 9.55. The summed E-state index contributed by atoms with van der Waals surface area (Å²) in [7, 11) is 0. The highest BCUT2D eigenvalue weighted by Gasteiger charge is 2.08. The molecule has 0 amide bonds. The molecule has 1 rings (SSSR count). The third kappa shape index (κ3) is 4.50. The Labute approximate surface area is 101 Å². The van der Waals surface area contributed by atoms with Crippen LogP contribution in [-0.4, -0.2) is 11.2 Å². The molecule has 0 aliphatic rings. The fourth-order valence-corrected chi connectivity index (χ4v) is 1.92. The van der Waals surface area contributed by atoms with E-state index in [1.807, 2.05) is 0 Å². The molecule has 0 aromatic heterocycles. The van der Waals surface area contributed by atoms with Gasteiger partial charge in [-0.2, -0.15) is 0 Å². The molecule has 1 unspecified atom stereocenters. The highest BCUT2D eigenvalue weighted by Crippen LogP contribution is 2.20. The quantitative estimate of drug-likeness (QED) is 0.751. The second-order valence-corrected chi connectivity index (χ2v) is 4.50. The van der Waals surface area contributed by atoms with Gasteiger partial charge in [-0.05, 0) is 30.5 Å². The van der Waals surface area contributed by atoms with Gasteiger partial charge in [0.25, 0.3) is 0 Å². The van der Waals surface area contributed by atoms with Crippen molar-refractivity contribution in [3.05, 3.63) is 34.6 Å². The third-order valence-electron chi connectivity index (χ3n) is 2.61. The molecule has 0 radical (unpaired) electrons. The smallest absolute Gasteiger partial charge is 0.124 e. The van der Waals surface area contributed by atoms with E-state index in [0.29, 0.717) is 11.4 Å². The van der Waals surface area contributed by atoms with E-state index in [1.54, 1.807) is 6.07 Å². The van der Waals surface area contributed by atoms with Crippen LogP contribution in [0.15, 0.2) is 18.2 Å². The van der Waals surface area contributed by atoms with Crippen LogP contribution in [0, 0.1) is 5.82 Å². The molecule has 1 aromatic carbocycles. The van der Waals surface area contributed by atoms with Crippen molar-refractivity contribution in [3.63, 3.8) is 0 Å². The summed E-state index contributed by atoms with van der Waals surface area (Å²) in [4.78, 5) is 0. The molecule has 1 atom stereocenters. The van der Waals surface area contributed by atoms with Gasteiger partial charge < -0.3 is 5.11 Å². The average molecular weight is 245 g/mol. The summed E-state index contributed by atoms with van der Waals surface area (Å²) in [5.74, 6) is -0.339. The Bertz CT molecular complexity index is 328. The van der Waals surface area contributed by atoms with E-state index in [2.05, 4.69) is 6.92 Å². The van der Waals surface area contributed by atoms with Gasteiger partial charge >= 0.3 is 0 Å². The molecule has 0 saturated heterocycles. The molecule has 3 heteroatoms. The monoisotopic (exact) mass is 244 g/mol. The first-order chi connectivity index (χ1) is 7.63. The lowest BCUT2D eigenvalue weighted by molar-refractivity contribution is 0.161. The maximum atomic E-state index is 12.8. The van der Waals surface area contributed by atoms with E-state index >= 15 is 0 Å². The molecule has 0 spiro atoms. The van der Waals surface area contributed by atoms with Crippen LogP contribution >= 0.6 is 11.6 Å². The zero-order valence-corrected chi connectivity index (χ0v) is 10.3. The minimum absolute atomic E-state index is 0.339. The summed E-state index contributed by atoms with van der Waals surface area (Å²) in [5, 5.41) is 10.2. The summed E-state index contributed by atoms with van der Waals surface area (Å²) in [5.41, 5.74) is 0.812. The summed E-state index contributed by atoms with van der Waals surface area (Å²) in [6.45, 7) is 2.13. The maximum absolute atomic E-state index is 12.8. The molecule has 0 fully saturated rings. The number of hydrogen-bond acceptors (Lipinski definition) is 1. The number of aliphatic hydroxyl groups excluding tert-OH is 1. The molecule has 1 nitrogen and oxygen atoms in total. The van der Waals surface area contributed by atoms with Crippen molar-refractivity contribution in [1.82, 2.24) is 0 Å². The van der Waals surface area contributed by atoms with Crippen molar-refractivity contribution in [2.75, 3.05) is 0 Å². The number of rotatable bonds is 6. The van der Waals surface area contributed by atoms with Gasteiger partial charge in [-0.15, -0.1) is 0 Å². The number of aliphatic hydroxyl groups is 1. The average Bonchev–Trinajstić information content (AvgIpc) is 2.23. The summed E-state index contributed by atoms with van der Waals surface area (Å²) >= 11 is 5.88. The molecule has 16 heavy (non-hydrogen) atoms. The van der Waals surface area contributed by atoms with Crippen LogP contribution in [0.1, 0.15) is 38.2 Å². The molecule has 0 saturated carbocycles. The minimum atomic E-state index is -0.380. The normalized spacial score (nSPS) is 12.8. The molecule has 0 aliphatic carbocycles. The van der Waals surface area contributed by atoms with Crippen LogP contribution in [0.4, 0.5) is 4.39 Å². The van der Waals surface area contributed by atoms with E-state index in [0.717, 1.165) is 31.2 Å². The van der Waals surface area contributed by atoms with E-state index in [-0.39, 0.29) is 11.9 Å². The molecular weight excluding hydrogens is 227 g/mol. The predicted octanol–water partition coefficient (Wildman–Crippen LogP) is 3.96. The lowest BCUT2D eigenvalue weighted by Gasteiger charge is -2.11. The van der Waals surface area contributed by atoms with Crippen molar-refractivity contribution in [2.24, 2.45) is 0 Å². The fraction of sp³-hybridized carbons (Fsp3) is 0.538. The lowest BCUT2D eigenvalue weighted by Crippen LogP contribution is -2.10. The molecule has 1 aromatic rings. The summed E-state index contributed by atoms with van der Waals surface area (Å²) < 4.78 is 12.8. The molecule has 90 valence electrons. The number of benzene rings is 1. The van der Waals surface area contributed by atoms with Gasteiger partial charge in [0.2, 0.25) is 0 Å². The van der Waals surface area contributed by atoms with Crippen LogP contribution in [-0.2, 0) is 6.42 Å². The molecule has 1 N–H and O–H groups in total. The van der Waals surface area contributed by atoms with E-state index < -0.39 is 0 Å². The molecule has 0 bridgehead atoms. The second kappa shape index (κ2) is 6.87. The number of unbranched alkanes of at least 4 members (excludes halogenated alkanes) is 2. The van der Waals surface area contributed by atoms with Crippen LogP contribution in [0.25, 0.3) is 0 Å². The van der Waals surface area contributed by atoms with Gasteiger partial charge in [0.05, 0.1) is 6.10 Å². The largest absolute Gasteiger partial charge is 0.393 e. The van der Waals surface area contributed by atoms with Gasteiger partial charge in [-0.25, -0.2) is 4.39 Å². The Morgan fingerprint density at radius 1 is 1.38 bits per heavy atom. The van der Waals surface area contributed by atoms with E-state index in [9.17, 15) is 9.50 Å². The SMILES string of the molecule is CCCCCC(O)Cc1ccc(F)cc1Cl. The van der Waals surface area contributed by atoms with Gasteiger partial charge in [0.15, 0.2) is 0 Å². The maximum Gasteiger partial charge on any atom is 0.124 e. The van der Waals surface area contributed by atoms with Gasteiger partial charge in [0.1, 0.15) is 5.82 Å². The molecule has 0 heterocycles. The van der Waals surface area contributed by atoms with E-state index in [4.69, 9.17) is 11.6 Å². The van der Waals surface area contributed by atoms with Gasteiger partial charge in [-0.3, -0.25) is 0 Å². The molecular formula is C13H18ClFO. The summed E-state index contributed by atoms with van der Waals surface area (Å²) in [6.07, 6.45) is 4.20. The summed E-state index contributed by atoms with van der Waals surface area (Å²) in [6, 6.07) is 4.30. The lowest BCUT2D eigenvalue weighted by atomic mass is 10.0. The van der Waals surface area contributed by atoms with Crippen molar-refractivity contribution in [2.45, 2.75) is 45.1 Å². The Morgan fingerprint density at radius 2 is 2.12 bits per heavy atom. The van der Waals surface area contributed by atoms with Crippen LogP contribution in [0.3, 0.4) is 0 Å². The fourth-order valence-electron chi connectivity index (χ4n) is 1.67. The van der Waals surface area contributed by atoms with Crippen LogP contribution < -0.4 is 0 Å². The third-order valence-corrected chi connectivity index (χ3v) is 2.96. The highest BCUT2D eigenvalue weighted by atomic mass is 35.5. The first-order valence-corrected chi connectivity index (χ1v) is 6.13. The van der Waals surface area contributed by atoms with Gasteiger partial charge in [-0.1, -0.05) is 43.9 Å². The number of halogens is 2.